The van der Waals surface area contributed by atoms with Crippen molar-refractivity contribution in [1.29, 1.82) is 0 Å². The highest BCUT2D eigenvalue weighted by Crippen LogP contribution is 2.23. The first-order valence-corrected chi connectivity index (χ1v) is 9.35. The third-order valence-corrected chi connectivity index (χ3v) is 5.93. The summed E-state index contributed by atoms with van der Waals surface area (Å²) in [6.45, 7) is 5.25. The number of halogens is 1. The Hall–Kier alpha value is -2.00. The Balaban J connectivity index is 2.29. The smallest absolute Gasteiger partial charge is 0.347 e. The van der Waals surface area contributed by atoms with Crippen LogP contribution < -0.4 is 0 Å². The molecule has 1 heterocycles. The molecule has 1 aromatic rings. The maximum absolute atomic E-state index is 14.0. The molecule has 0 unspecified atom stereocenters. The van der Waals surface area contributed by atoms with Crippen LogP contribution in [0.2, 0.25) is 0 Å². The van der Waals surface area contributed by atoms with E-state index in [1.165, 1.54) is 0 Å². The van der Waals surface area contributed by atoms with Crippen molar-refractivity contribution < 1.29 is 31.9 Å². The van der Waals surface area contributed by atoms with Crippen LogP contribution in [-0.2, 0) is 24.3 Å². The van der Waals surface area contributed by atoms with Gasteiger partial charge in [-0.3, -0.25) is 0 Å². The van der Waals surface area contributed by atoms with Crippen molar-refractivity contribution in [3.8, 4) is 0 Å². The molecule has 0 bridgehead atoms. The van der Waals surface area contributed by atoms with Crippen molar-refractivity contribution in [2.24, 2.45) is 0 Å². The van der Waals surface area contributed by atoms with Crippen LogP contribution in [0.4, 0.5) is 4.39 Å². The zero-order valence-corrected chi connectivity index (χ0v) is 15.0. The van der Waals surface area contributed by atoms with Gasteiger partial charge in [0.05, 0.1) is 5.56 Å². The predicted molar refractivity (Wildman–Crippen MR) is 85.9 cm³/mol. The van der Waals surface area contributed by atoms with E-state index >= 15 is 0 Å². The van der Waals surface area contributed by atoms with Gasteiger partial charge in [-0.15, -0.1) is 0 Å². The van der Waals surface area contributed by atoms with Gasteiger partial charge in [-0.25, -0.2) is 22.4 Å². The van der Waals surface area contributed by atoms with Gasteiger partial charge in [0.15, 0.2) is 0 Å². The van der Waals surface area contributed by atoms with Gasteiger partial charge in [-0.05, 0) is 25.1 Å². The monoisotopic (exact) mass is 373 g/mol. The minimum absolute atomic E-state index is 0.153. The first-order valence-electron chi connectivity index (χ1n) is 7.91. The highest BCUT2D eigenvalue weighted by atomic mass is 32.2. The number of esters is 2. The lowest BCUT2D eigenvalue weighted by Crippen LogP contribution is -2.31. The van der Waals surface area contributed by atoms with Crippen molar-refractivity contribution in [3.05, 3.63) is 29.6 Å². The molecule has 0 aliphatic carbocycles. The summed E-state index contributed by atoms with van der Waals surface area (Å²) in [7, 11) is -4.08. The van der Waals surface area contributed by atoms with Gasteiger partial charge in [-0.1, -0.05) is 13.8 Å². The minimum Gasteiger partial charge on any atom is -0.460 e. The van der Waals surface area contributed by atoms with E-state index in [1.807, 2.05) is 0 Å². The number of carbonyl (C=O) groups excluding carboxylic acids is 2. The second-order valence-corrected chi connectivity index (χ2v) is 7.52. The molecule has 2 atom stereocenters. The van der Waals surface area contributed by atoms with Crippen molar-refractivity contribution in [2.75, 3.05) is 13.1 Å². The number of rotatable bonds is 6. The van der Waals surface area contributed by atoms with Crippen molar-refractivity contribution in [3.63, 3.8) is 0 Å². The Bertz CT molecular complexity index is 775. The van der Waals surface area contributed by atoms with Crippen LogP contribution in [0.25, 0.3) is 0 Å². The number of cyclic esters (lactones) is 1. The summed E-state index contributed by atoms with van der Waals surface area (Å²) in [5, 5.41) is 0. The van der Waals surface area contributed by atoms with E-state index in [0.717, 1.165) is 22.5 Å². The largest absolute Gasteiger partial charge is 0.460 e. The van der Waals surface area contributed by atoms with E-state index in [0.29, 0.717) is 0 Å². The molecule has 1 fully saturated rings. The average Bonchev–Trinajstić information content (AvgIpc) is 2.85. The number of nitrogens with zero attached hydrogens (tertiary/aromatic N) is 1. The fourth-order valence-corrected chi connectivity index (χ4v) is 4.09. The SMILES string of the molecule is CCN(CC)S(=O)(=O)c1cc(C(=O)O[C@H]2C[C@@H](C)OC2=O)ccc1F. The van der Waals surface area contributed by atoms with Gasteiger partial charge in [0.25, 0.3) is 0 Å². The normalized spacial score (nSPS) is 20.6. The van der Waals surface area contributed by atoms with Crippen LogP contribution in [0.5, 0.6) is 0 Å². The summed E-state index contributed by atoms with van der Waals surface area (Å²) in [6.07, 6.45) is -1.19. The third-order valence-electron chi connectivity index (χ3n) is 3.87. The quantitative estimate of drug-likeness (QED) is 0.705. The zero-order valence-electron chi connectivity index (χ0n) is 14.2. The summed E-state index contributed by atoms with van der Waals surface area (Å²) >= 11 is 0. The molecule has 1 saturated heterocycles. The van der Waals surface area contributed by atoms with Gasteiger partial charge >= 0.3 is 11.9 Å². The van der Waals surface area contributed by atoms with Gasteiger partial charge in [0.1, 0.15) is 16.8 Å². The third kappa shape index (κ3) is 3.98. The Labute approximate surface area is 145 Å². The molecule has 0 N–H and O–H groups in total. The summed E-state index contributed by atoms with van der Waals surface area (Å²) in [4.78, 5) is 23.1. The molecule has 1 aliphatic rings. The van der Waals surface area contributed by atoms with Crippen molar-refractivity contribution >= 4 is 22.0 Å². The van der Waals surface area contributed by atoms with Crippen molar-refractivity contribution in [2.45, 2.75) is 44.3 Å². The Kier molecular flexibility index (Phi) is 5.79. The summed E-state index contributed by atoms with van der Waals surface area (Å²) < 4.78 is 50.1. The fraction of sp³-hybridized carbons (Fsp3) is 0.500. The van der Waals surface area contributed by atoms with Crippen LogP contribution in [0.1, 0.15) is 37.6 Å². The van der Waals surface area contributed by atoms with Gasteiger partial charge in [-0.2, -0.15) is 4.31 Å². The lowest BCUT2D eigenvalue weighted by molar-refractivity contribution is -0.147. The minimum atomic E-state index is -4.08. The van der Waals surface area contributed by atoms with Crippen LogP contribution >= 0.6 is 0 Å². The first-order chi connectivity index (χ1) is 11.7. The Morgan fingerprint density at radius 3 is 2.52 bits per heavy atom. The topological polar surface area (TPSA) is 90.0 Å². The van der Waals surface area contributed by atoms with E-state index in [2.05, 4.69) is 0 Å². The molecule has 0 spiro atoms. The highest BCUT2D eigenvalue weighted by molar-refractivity contribution is 7.89. The van der Waals surface area contributed by atoms with Crippen LogP contribution in [0.3, 0.4) is 0 Å². The zero-order chi connectivity index (χ0) is 18.8. The second-order valence-electron chi connectivity index (χ2n) is 5.61. The number of ether oxygens (including phenoxy) is 2. The fourth-order valence-electron chi connectivity index (χ4n) is 2.54. The molecule has 9 heteroatoms. The van der Waals surface area contributed by atoms with E-state index in [4.69, 9.17) is 9.47 Å². The molecule has 2 rings (SSSR count). The molecule has 1 aromatic carbocycles. The van der Waals surface area contributed by atoms with Crippen molar-refractivity contribution in [1.82, 2.24) is 4.31 Å². The molecule has 0 radical (unpaired) electrons. The molecule has 7 nitrogen and oxygen atoms in total. The lowest BCUT2D eigenvalue weighted by atomic mass is 10.2. The van der Waals surface area contributed by atoms with E-state index in [9.17, 15) is 22.4 Å². The number of hydrogen-bond acceptors (Lipinski definition) is 6. The molecule has 0 aromatic heterocycles. The molecular formula is C16H20FNO6S. The molecule has 138 valence electrons. The van der Waals surface area contributed by atoms with E-state index in [-0.39, 0.29) is 31.2 Å². The van der Waals surface area contributed by atoms with Gasteiger partial charge in [0, 0.05) is 19.5 Å². The van der Waals surface area contributed by atoms with Crippen LogP contribution in [0.15, 0.2) is 23.1 Å². The maximum atomic E-state index is 14.0. The molecule has 1 aliphatic heterocycles. The van der Waals surface area contributed by atoms with Gasteiger partial charge in [0.2, 0.25) is 16.1 Å². The average molecular weight is 373 g/mol. The van der Waals surface area contributed by atoms with Crippen LogP contribution in [0, 0.1) is 5.82 Å². The lowest BCUT2D eigenvalue weighted by Gasteiger charge is -2.19. The Morgan fingerprint density at radius 1 is 1.36 bits per heavy atom. The standard InChI is InChI=1S/C16H20FNO6S/c1-4-18(5-2)25(21,22)14-9-11(6-7-12(14)17)15(19)24-13-8-10(3)23-16(13)20/h6-7,9-10,13H,4-5,8H2,1-3H3/t10-,13+/m1/s1. The van der Waals surface area contributed by atoms with E-state index < -0.39 is 38.8 Å². The first kappa shape index (κ1) is 19.3. The predicted octanol–water partition coefficient (Wildman–Crippen LogP) is 1.72. The summed E-state index contributed by atoms with van der Waals surface area (Å²) in [6, 6.07) is 2.93. The molecule has 25 heavy (non-hydrogen) atoms. The summed E-state index contributed by atoms with van der Waals surface area (Å²) in [5.41, 5.74) is -0.153. The van der Waals surface area contributed by atoms with E-state index in [1.54, 1.807) is 20.8 Å². The van der Waals surface area contributed by atoms with Crippen LogP contribution in [-0.4, -0.2) is 50.0 Å². The number of benzene rings is 1. The maximum Gasteiger partial charge on any atom is 0.347 e. The number of hydrogen-bond donors (Lipinski definition) is 0. The highest BCUT2D eigenvalue weighted by Gasteiger charge is 2.35. The number of sulfonamides is 1. The number of carbonyl (C=O) groups is 2. The Morgan fingerprint density at radius 2 is 2.00 bits per heavy atom. The second kappa shape index (κ2) is 7.49. The molecule has 0 saturated carbocycles. The van der Waals surface area contributed by atoms with Gasteiger partial charge < -0.3 is 9.47 Å². The summed E-state index contributed by atoms with van der Waals surface area (Å²) in [5.74, 6) is -2.52. The molecule has 0 amide bonds. The molecular weight excluding hydrogens is 353 g/mol.